The number of hydrogen-bond donors (Lipinski definition) is 0. The third-order valence-corrected chi connectivity index (χ3v) is 29.5. The molecule has 12 aliphatic rings. The number of aryl methyl sites for hydroxylation is 4. The maximum Gasteiger partial charge on any atom is 0.344 e. The van der Waals surface area contributed by atoms with E-state index in [9.17, 15) is 14.4 Å². The van der Waals surface area contributed by atoms with Crippen LogP contribution in [0, 0.1) is 106 Å². The summed E-state index contributed by atoms with van der Waals surface area (Å²) in [6.07, 6.45) is 21.0. The van der Waals surface area contributed by atoms with E-state index in [2.05, 4.69) is 139 Å². The Morgan fingerprint density at radius 3 is 0.840 bits per heavy atom. The highest BCUT2D eigenvalue weighted by Gasteiger charge is 2.61. The van der Waals surface area contributed by atoms with Crippen molar-refractivity contribution in [3.05, 3.63) is 155 Å². The first-order valence-electron chi connectivity index (χ1n) is 37.5. The molecule has 0 aromatic heterocycles. The molecule has 100 heavy (non-hydrogen) atoms. The third-order valence-electron chi connectivity index (χ3n) is 25.6. The van der Waals surface area contributed by atoms with Crippen LogP contribution in [0.3, 0.4) is 0 Å². The van der Waals surface area contributed by atoms with Gasteiger partial charge in [0.25, 0.3) is 0 Å². The first kappa shape index (κ1) is 70.0. The van der Waals surface area contributed by atoms with E-state index in [1.165, 1.54) is 96.3 Å². The van der Waals surface area contributed by atoms with Crippen LogP contribution >= 0.6 is 45.2 Å². The summed E-state index contributed by atoms with van der Waals surface area (Å²) in [6, 6.07) is 37.7. The lowest BCUT2D eigenvalue weighted by molar-refractivity contribution is -0.212. The lowest BCUT2D eigenvalue weighted by Gasteiger charge is -2.60. The first-order valence-corrected chi connectivity index (χ1v) is 40.9. The van der Waals surface area contributed by atoms with Gasteiger partial charge in [0, 0.05) is 0 Å². The quantitative estimate of drug-likeness (QED) is 0.0210. The number of halogens is 2. The molecule has 15 heteroatoms. The summed E-state index contributed by atoms with van der Waals surface area (Å²) in [5.41, 5.74) is 5.79. The molecular formula is C85H99I2O12S+. The number of hydrogen-bond acceptors (Lipinski definition) is 12. The number of esters is 3. The van der Waals surface area contributed by atoms with Gasteiger partial charge in [0.05, 0.1) is 18.0 Å². The van der Waals surface area contributed by atoms with E-state index in [0.29, 0.717) is 61.1 Å². The Hall–Kier alpha value is -5.66. The molecule has 12 nitrogen and oxygen atoms in total. The number of ether oxygens (including phenoxy) is 9. The molecule has 0 aliphatic heterocycles. The monoisotopic (exact) mass is 1600 g/mol. The van der Waals surface area contributed by atoms with Crippen molar-refractivity contribution in [3.8, 4) is 34.5 Å². The normalized spacial score (nSPS) is 30.2. The summed E-state index contributed by atoms with van der Waals surface area (Å²) in [5.74, 6) is 11.2. The van der Waals surface area contributed by atoms with Gasteiger partial charge in [0.1, 0.15) is 71.1 Å². The summed E-state index contributed by atoms with van der Waals surface area (Å²) in [7, 11) is -0.532. The Morgan fingerprint density at radius 2 is 0.590 bits per heavy atom. The van der Waals surface area contributed by atoms with Crippen LogP contribution in [0.15, 0.2) is 124 Å². The van der Waals surface area contributed by atoms with E-state index in [4.69, 9.17) is 42.6 Å². The van der Waals surface area contributed by atoms with Crippen LogP contribution in [0.4, 0.5) is 0 Å². The minimum absolute atomic E-state index is 0.0987. The molecule has 6 aromatic rings. The summed E-state index contributed by atoms with van der Waals surface area (Å²) >= 11 is 4.60. The van der Waals surface area contributed by atoms with Crippen LogP contribution in [-0.4, -0.2) is 54.5 Å². The minimum atomic E-state index is -0.532. The van der Waals surface area contributed by atoms with Crippen molar-refractivity contribution in [2.75, 3.05) is 19.8 Å². The van der Waals surface area contributed by atoms with Crippen molar-refractivity contribution in [1.29, 1.82) is 0 Å². The van der Waals surface area contributed by atoms with Gasteiger partial charge >= 0.3 is 17.9 Å². The molecule has 0 radical (unpaired) electrons. The third kappa shape index (κ3) is 14.0. The number of rotatable bonds is 27. The van der Waals surface area contributed by atoms with E-state index in [0.717, 1.165) is 144 Å². The summed E-state index contributed by atoms with van der Waals surface area (Å²) in [4.78, 5) is 44.0. The number of benzene rings is 6. The highest BCUT2D eigenvalue weighted by atomic mass is 127. The van der Waals surface area contributed by atoms with Gasteiger partial charge in [-0.3, -0.25) is 0 Å². The highest BCUT2D eigenvalue weighted by molar-refractivity contribution is 14.1. The Bertz CT molecular complexity index is 3440. The van der Waals surface area contributed by atoms with E-state index < -0.39 is 10.9 Å². The van der Waals surface area contributed by atoms with Gasteiger partial charge in [0.2, 0.25) is 0 Å². The van der Waals surface area contributed by atoms with Crippen LogP contribution in [0.5, 0.6) is 34.5 Å². The van der Waals surface area contributed by atoms with Gasteiger partial charge in [-0.1, -0.05) is 20.8 Å². The zero-order chi connectivity index (χ0) is 69.2. The zero-order valence-corrected chi connectivity index (χ0v) is 64.5. The Kier molecular flexibility index (Phi) is 20.4. The summed E-state index contributed by atoms with van der Waals surface area (Å²) in [6.45, 7) is 15.5. The van der Waals surface area contributed by atoms with E-state index >= 15 is 0 Å². The number of carbonyl (C=O) groups excluding carboxylic acids is 3. The predicted molar refractivity (Wildman–Crippen MR) is 403 cm³/mol. The second-order valence-electron chi connectivity index (χ2n) is 31.7. The molecular weight excluding hydrogens is 1500 g/mol. The lowest BCUT2D eigenvalue weighted by atomic mass is 9.49. The average molecular weight is 1600 g/mol. The molecule has 0 unspecified atom stereocenters. The Balaban J connectivity index is 0.592. The van der Waals surface area contributed by atoms with Gasteiger partial charge < -0.3 is 42.6 Å². The molecule has 12 bridgehead atoms. The molecule has 12 fully saturated rings. The fourth-order valence-electron chi connectivity index (χ4n) is 22.0. The SMILES string of the molecule is CCC1(OC(=O)COc2c(C)cc(COc3ccc([S+](c4ccc(OCc5cc(C)c(OCC(=O)OC6(CC)C7CC8CC(C7)CC6C8)c(C)c5)cc4)c4ccc(OCc5cc(I)c(OCC(=O)OC6(CC)C7CC8CC(C7)CC6C8)c(I)c5)cc4)cc3)cc2C)C2CC3CC(C2)CC1C3. The fraction of sp³-hybridized carbons (Fsp3) is 0.541. The van der Waals surface area contributed by atoms with Crippen LogP contribution in [-0.2, 0) is 59.3 Å². The summed E-state index contributed by atoms with van der Waals surface area (Å²) < 4.78 is 59.5. The van der Waals surface area contributed by atoms with Crippen molar-refractivity contribution in [2.45, 2.75) is 215 Å². The van der Waals surface area contributed by atoms with Crippen molar-refractivity contribution in [3.63, 3.8) is 0 Å². The molecule has 12 aliphatic carbocycles. The maximum absolute atomic E-state index is 13.6. The van der Waals surface area contributed by atoms with Crippen LogP contribution in [0.25, 0.3) is 0 Å². The molecule has 0 saturated heterocycles. The maximum atomic E-state index is 13.6. The standard InChI is InChI=1S/C85H99I2O12S/c1-8-83(63-30-54-27-55(32-63)33-64(83)31-54)97-77(88)47-94-80-50(4)23-60(24-51(80)5)44-91-69-11-17-72(18-12-69)100(73-19-13-70(14-20-73)92-45-61-25-52(6)81(53(7)26-61)95-48-78(89)98-84(9-2)65-34-56-28-57(36-65)37-66(84)35-56)74-21-15-71(16-22-74)93-46-62-42-75(86)82(76(87)43-62)96-49-79(90)99-85(10-3)67-38-58-29-59(40-67)41-68(85)39-58/h11-26,42-43,54-59,63-68H,8-10,27-41,44-49H2,1-7H3/q+1. The minimum Gasteiger partial charge on any atom is -0.489 e. The fourth-order valence-corrected chi connectivity index (χ4v) is 26.2. The lowest BCUT2D eigenvalue weighted by Crippen LogP contribution is -2.59. The second-order valence-corrected chi connectivity index (χ2v) is 36.1. The van der Waals surface area contributed by atoms with Gasteiger partial charge in [-0.05, 0) is 408 Å². The van der Waals surface area contributed by atoms with Gasteiger partial charge in [-0.2, -0.15) is 0 Å². The van der Waals surface area contributed by atoms with Gasteiger partial charge in [-0.15, -0.1) is 0 Å². The molecule has 0 atom stereocenters. The van der Waals surface area contributed by atoms with Gasteiger partial charge in [0.15, 0.2) is 34.5 Å². The predicted octanol–water partition coefficient (Wildman–Crippen LogP) is 19.5. The Morgan fingerprint density at radius 1 is 0.350 bits per heavy atom. The smallest absolute Gasteiger partial charge is 0.344 e. The topological polar surface area (TPSA) is 134 Å². The average Bonchev–Trinajstić information content (AvgIpc) is 0.742. The van der Waals surface area contributed by atoms with E-state index in [1.54, 1.807) is 0 Å². The molecule has 6 aromatic carbocycles. The molecule has 0 amide bonds. The van der Waals surface area contributed by atoms with Crippen molar-refractivity contribution in [2.24, 2.45) is 71.0 Å². The molecule has 12 saturated carbocycles. The van der Waals surface area contributed by atoms with Gasteiger partial charge in [-0.25, -0.2) is 14.4 Å². The van der Waals surface area contributed by atoms with E-state index in [1.807, 2.05) is 64.1 Å². The molecule has 0 spiro atoms. The van der Waals surface area contributed by atoms with Crippen molar-refractivity contribution >= 4 is 74.0 Å². The van der Waals surface area contributed by atoms with E-state index in [-0.39, 0.29) is 54.5 Å². The number of carbonyl (C=O) groups is 3. The van der Waals surface area contributed by atoms with Crippen LogP contribution in [0.1, 0.15) is 175 Å². The first-order chi connectivity index (χ1) is 48.3. The van der Waals surface area contributed by atoms with Crippen molar-refractivity contribution in [1.82, 2.24) is 0 Å². The molecule has 18 rings (SSSR count). The summed E-state index contributed by atoms with van der Waals surface area (Å²) in [5, 5.41) is 0. The molecule has 0 N–H and O–H groups in total. The van der Waals surface area contributed by atoms with Crippen LogP contribution in [0.2, 0.25) is 0 Å². The highest BCUT2D eigenvalue weighted by Crippen LogP contribution is 2.63. The van der Waals surface area contributed by atoms with Crippen LogP contribution < -0.4 is 28.4 Å². The zero-order valence-electron chi connectivity index (χ0n) is 59.4. The molecule has 530 valence electrons. The second kappa shape index (κ2) is 29.1. The van der Waals surface area contributed by atoms with Crippen molar-refractivity contribution < 1.29 is 57.0 Å². The molecule has 0 heterocycles. The Labute approximate surface area is 622 Å². The largest absolute Gasteiger partial charge is 0.489 e.